The molecule has 3 rings (SSSR count). The molecule has 0 radical (unpaired) electrons. The molecular weight excluding hydrogens is 371 g/mol. The predicted molar refractivity (Wildman–Crippen MR) is 109 cm³/mol. The Morgan fingerprint density at radius 2 is 2.03 bits per heavy atom. The maximum Gasteiger partial charge on any atom is 0.259 e. The molecule has 3 aromatic rings. The van der Waals surface area contributed by atoms with Crippen LogP contribution in [0.25, 0.3) is 17.0 Å². The summed E-state index contributed by atoms with van der Waals surface area (Å²) in [6.45, 7) is 7.43. The molecule has 0 atom stereocenters. The maximum absolute atomic E-state index is 13.7. The third-order valence-corrected chi connectivity index (χ3v) is 4.18. The van der Waals surface area contributed by atoms with E-state index in [1.165, 1.54) is 24.7 Å². The summed E-state index contributed by atoms with van der Waals surface area (Å²) in [7, 11) is 0. The Kier molecular flexibility index (Phi) is 6.09. The van der Waals surface area contributed by atoms with Crippen LogP contribution in [0.15, 0.2) is 68.0 Å². The molecule has 1 aromatic carbocycles. The highest BCUT2D eigenvalue weighted by atomic mass is 19.1. The number of aromatic nitrogens is 3. The summed E-state index contributed by atoms with van der Waals surface area (Å²) in [5.74, 6) is -0.432. The van der Waals surface area contributed by atoms with Gasteiger partial charge in [0.2, 0.25) is 0 Å². The fraction of sp³-hybridized carbons (Fsp3) is 0.0909. The van der Waals surface area contributed by atoms with Crippen LogP contribution in [0.5, 0.6) is 0 Å². The van der Waals surface area contributed by atoms with Crippen LogP contribution < -0.4 is 5.32 Å². The highest BCUT2D eigenvalue weighted by Gasteiger charge is 2.13. The number of aryl methyl sites for hydroxylation is 1. The normalized spacial score (nSPS) is 11.1. The Balaban J connectivity index is 1.84. The second-order valence-electron chi connectivity index (χ2n) is 6.06. The first-order valence-corrected chi connectivity index (χ1v) is 8.81. The molecule has 0 saturated heterocycles. The minimum Gasteiger partial charge on any atom is -0.465 e. The summed E-state index contributed by atoms with van der Waals surface area (Å²) in [4.78, 5) is 24.4. The van der Waals surface area contributed by atoms with Crippen LogP contribution in [0.1, 0.15) is 28.4 Å². The number of pyridine rings is 1. The van der Waals surface area contributed by atoms with Crippen molar-refractivity contribution >= 4 is 17.5 Å². The Hall–Kier alpha value is -3.87. The zero-order chi connectivity index (χ0) is 20.8. The van der Waals surface area contributed by atoms with Gasteiger partial charge >= 0.3 is 0 Å². The van der Waals surface area contributed by atoms with Crippen LogP contribution in [-0.2, 0) is 4.74 Å². The highest BCUT2D eigenvalue weighted by molar-refractivity contribution is 6.03. The Morgan fingerprint density at radius 1 is 1.21 bits per heavy atom. The van der Waals surface area contributed by atoms with Crippen molar-refractivity contribution in [3.8, 4) is 11.3 Å². The number of hydrogen-bond acceptors (Lipinski definition) is 5. The number of nitrogens with zero attached hydrogens (tertiary/aromatic N) is 3. The van der Waals surface area contributed by atoms with E-state index < -0.39 is 11.7 Å². The lowest BCUT2D eigenvalue weighted by Crippen LogP contribution is -2.15. The van der Waals surface area contributed by atoms with Gasteiger partial charge in [-0.05, 0) is 37.6 Å². The summed E-state index contributed by atoms with van der Waals surface area (Å²) >= 11 is 0. The molecule has 0 bridgehead atoms. The summed E-state index contributed by atoms with van der Waals surface area (Å²) in [6.07, 6.45) is 8.52. The largest absolute Gasteiger partial charge is 0.465 e. The molecule has 7 heteroatoms. The van der Waals surface area contributed by atoms with E-state index in [1.807, 2.05) is 38.1 Å². The summed E-state index contributed by atoms with van der Waals surface area (Å²) < 4.78 is 19.1. The van der Waals surface area contributed by atoms with Crippen molar-refractivity contribution < 1.29 is 13.9 Å². The second-order valence-corrected chi connectivity index (χ2v) is 6.06. The van der Waals surface area contributed by atoms with Gasteiger partial charge in [0, 0.05) is 17.3 Å². The topological polar surface area (TPSA) is 77.0 Å². The zero-order valence-corrected chi connectivity index (χ0v) is 16.0. The molecule has 0 saturated carbocycles. The first-order chi connectivity index (χ1) is 14.0. The molecule has 0 unspecified atom stereocenters. The standard InChI is InChI=1S/C22H19FN4O2/c1-4-20(29-5-2)15-7-6-14(3)17(10-15)19-12-26-21(13-25-19)27-22(28)16-8-9-24-11-18(16)23/h4-13H,2H2,1,3H3,(H,26,27,28)/b20-4-. The number of carbonyl (C=O) groups excluding carboxylic acids is 1. The first kappa shape index (κ1) is 19.9. The number of halogens is 1. The van der Waals surface area contributed by atoms with E-state index >= 15 is 0 Å². The summed E-state index contributed by atoms with van der Waals surface area (Å²) in [6, 6.07) is 7.15. The molecule has 2 heterocycles. The van der Waals surface area contributed by atoms with Crippen LogP contribution in [0.2, 0.25) is 0 Å². The van der Waals surface area contributed by atoms with Crippen LogP contribution in [0.4, 0.5) is 10.2 Å². The number of nitrogens with one attached hydrogen (secondary N) is 1. The number of rotatable bonds is 6. The van der Waals surface area contributed by atoms with Crippen LogP contribution in [-0.4, -0.2) is 20.9 Å². The molecule has 29 heavy (non-hydrogen) atoms. The van der Waals surface area contributed by atoms with Gasteiger partial charge in [-0.3, -0.25) is 14.8 Å². The van der Waals surface area contributed by atoms with Gasteiger partial charge in [-0.2, -0.15) is 0 Å². The van der Waals surface area contributed by atoms with Crippen LogP contribution >= 0.6 is 0 Å². The maximum atomic E-state index is 13.7. The predicted octanol–water partition coefficient (Wildman–Crippen LogP) is 4.76. The lowest BCUT2D eigenvalue weighted by Gasteiger charge is -2.11. The minimum atomic E-state index is -0.705. The van der Waals surface area contributed by atoms with E-state index in [9.17, 15) is 9.18 Å². The van der Waals surface area contributed by atoms with Gasteiger partial charge < -0.3 is 10.1 Å². The number of ether oxygens (including phenoxy) is 1. The Bertz CT molecular complexity index is 1080. The first-order valence-electron chi connectivity index (χ1n) is 8.81. The fourth-order valence-corrected chi connectivity index (χ4v) is 2.72. The van der Waals surface area contributed by atoms with E-state index in [4.69, 9.17) is 4.74 Å². The van der Waals surface area contributed by atoms with Gasteiger partial charge in [-0.25, -0.2) is 9.37 Å². The van der Waals surface area contributed by atoms with Crippen molar-refractivity contribution in [1.29, 1.82) is 0 Å². The molecule has 0 aliphatic rings. The average Bonchev–Trinajstić information content (AvgIpc) is 2.73. The van der Waals surface area contributed by atoms with Gasteiger partial charge in [0.15, 0.2) is 11.6 Å². The number of hydrogen-bond donors (Lipinski definition) is 1. The van der Waals surface area contributed by atoms with E-state index in [1.54, 1.807) is 6.20 Å². The van der Waals surface area contributed by atoms with E-state index in [0.717, 1.165) is 22.9 Å². The molecule has 0 aliphatic heterocycles. The SMILES string of the molecule is C=CO/C(=C\C)c1ccc(C)c(-c2cnc(NC(=O)c3ccncc3F)cn2)c1. The zero-order valence-electron chi connectivity index (χ0n) is 16.0. The molecule has 146 valence electrons. The van der Waals surface area contributed by atoms with E-state index in [-0.39, 0.29) is 11.4 Å². The molecular formula is C22H19FN4O2. The van der Waals surface area contributed by atoms with Gasteiger partial charge in [-0.15, -0.1) is 0 Å². The quantitative estimate of drug-likeness (QED) is 0.614. The molecule has 0 fully saturated rings. The number of allylic oxidation sites excluding steroid dienone is 1. The van der Waals surface area contributed by atoms with Gasteiger partial charge in [0.05, 0.1) is 36.1 Å². The lowest BCUT2D eigenvalue weighted by atomic mass is 10.0. The average molecular weight is 390 g/mol. The number of anilines is 1. The van der Waals surface area contributed by atoms with Gasteiger partial charge in [0.25, 0.3) is 5.91 Å². The smallest absolute Gasteiger partial charge is 0.259 e. The highest BCUT2D eigenvalue weighted by Crippen LogP contribution is 2.26. The van der Waals surface area contributed by atoms with Crippen molar-refractivity contribution in [2.75, 3.05) is 5.32 Å². The molecule has 0 aliphatic carbocycles. The van der Waals surface area contributed by atoms with Crippen LogP contribution in [0.3, 0.4) is 0 Å². The third-order valence-electron chi connectivity index (χ3n) is 4.18. The summed E-state index contributed by atoms with van der Waals surface area (Å²) in [5, 5.41) is 2.53. The molecule has 1 N–H and O–H groups in total. The molecule has 0 spiro atoms. The van der Waals surface area contributed by atoms with Crippen LogP contribution in [0, 0.1) is 12.7 Å². The minimum absolute atomic E-state index is 0.115. The van der Waals surface area contributed by atoms with Crippen molar-refractivity contribution in [3.05, 3.63) is 90.5 Å². The van der Waals surface area contributed by atoms with E-state index in [2.05, 4.69) is 26.8 Å². The van der Waals surface area contributed by atoms with Crippen molar-refractivity contribution in [2.45, 2.75) is 13.8 Å². The van der Waals surface area contributed by atoms with E-state index in [0.29, 0.717) is 11.5 Å². The monoisotopic (exact) mass is 390 g/mol. The lowest BCUT2D eigenvalue weighted by molar-refractivity contribution is 0.102. The summed E-state index contributed by atoms with van der Waals surface area (Å²) in [5.41, 5.74) is 3.27. The Labute approximate surface area is 167 Å². The Morgan fingerprint density at radius 3 is 2.69 bits per heavy atom. The number of carbonyl (C=O) groups is 1. The van der Waals surface area contributed by atoms with Crippen molar-refractivity contribution in [3.63, 3.8) is 0 Å². The number of amides is 1. The third kappa shape index (κ3) is 4.52. The molecule has 2 aromatic heterocycles. The fourth-order valence-electron chi connectivity index (χ4n) is 2.72. The van der Waals surface area contributed by atoms with Gasteiger partial charge in [0.1, 0.15) is 5.76 Å². The van der Waals surface area contributed by atoms with Crippen molar-refractivity contribution in [2.24, 2.45) is 0 Å². The van der Waals surface area contributed by atoms with Gasteiger partial charge in [-0.1, -0.05) is 18.7 Å². The number of benzene rings is 1. The van der Waals surface area contributed by atoms with Crippen molar-refractivity contribution in [1.82, 2.24) is 15.0 Å². The second kappa shape index (κ2) is 8.88. The molecule has 1 amide bonds. The molecule has 6 nitrogen and oxygen atoms in total.